The number of rotatable bonds is 5. The number of aryl methyl sites for hydroxylation is 1. The Labute approximate surface area is 179 Å². The first-order valence-corrected chi connectivity index (χ1v) is 10.9. The van der Waals surface area contributed by atoms with Crippen molar-refractivity contribution in [3.8, 4) is 0 Å². The summed E-state index contributed by atoms with van der Waals surface area (Å²) in [5.74, 6) is 0.471. The number of piperazine rings is 1. The fraction of sp³-hybridized carbons (Fsp3) is 0.381. The number of anilines is 1. The summed E-state index contributed by atoms with van der Waals surface area (Å²) >= 11 is 7.53. The highest BCUT2D eigenvalue weighted by Crippen LogP contribution is 2.37. The third-order valence-corrected chi connectivity index (χ3v) is 6.60. The fourth-order valence-electron chi connectivity index (χ4n) is 3.58. The minimum atomic E-state index is -0.341. The van der Waals surface area contributed by atoms with Crippen molar-refractivity contribution in [2.24, 2.45) is 0 Å². The molecule has 1 saturated heterocycles. The molecule has 0 radical (unpaired) electrons. The van der Waals surface area contributed by atoms with Gasteiger partial charge in [0, 0.05) is 26.2 Å². The smallest absolute Gasteiger partial charge is 0.349 e. The summed E-state index contributed by atoms with van der Waals surface area (Å²) in [6, 6.07) is 9.66. The second kappa shape index (κ2) is 8.65. The van der Waals surface area contributed by atoms with E-state index >= 15 is 0 Å². The Morgan fingerprint density at radius 1 is 1.17 bits per heavy atom. The molecule has 0 spiro atoms. The summed E-state index contributed by atoms with van der Waals surface area (Å²) in [5.41, 5.74) is 1.81. The lowest BCUT2D eigenvalue weighted by atomic mass is 10.2. The van der Waals surface area contributed by atoms with E-state index in [0.29, 0.717) is 4.88 Å². The van der Waals surface area contributed by atoms with Gasteiger partial charge in [-0.2, -0.15) is 4.98 Å². The van der Waals surface area contributed by atoms with Crippen LogP contribution < -0.4 is 4.90 Å². The molecule has 152 valence electrons. The molecule has 0 saturated carbocycles. The number of nitrogens with zero attached hydrogens (tertiary/aromatic N) is 4. The van der Waals surface area contributed by atoms with Crippen molar-refractivity contribution in [1.82, 2.24) is 14.9 Å². The standard InChI is InChI=1S/C21H23ClN4O2S/c1-3-25-9-11-26(12-10-25)18-16-14(2)17(29-19(16)24-21(22)23-18)20(27)28-13-15-7-5-4-6-8-15/h4-8H,3,9-13H2,1-2H3. The number of carbonyl (C=O) groups excluding carboxylic acids is 1. The average Bonchev–Trinajstić information content (AvgIpc) is 3.08. The van der Waals surface area contributed by atoms with Crippen molar-refractivity contribution < 1.29 is 9.53 Å². The van der Waals surface area contributed by atoms with Gasteiger partial charge < -0.3 is 14.5 Å². The molecular weight excluding hydrogens is 408 g/mol. The van der Waals surface area contributed by atoms with E-state index in [1.54, 1.807) is 0 Å². The van der Waals surface area contributed by atoms with Gasteiger partial charge in [-0.25, -0.2) is 9.78 Å². The van der Waals surface area contributed by atoms with Crippen LogP contribution in [0, 0.1) is 6.92 Å². The zero-order valence-electron chi connectivity index (χ0n) is 16.5. The number of halogens is 1. The van der Waals surface area contributed by atoms with Crippen LogP contribution in [0.5, 0.6) is 0 Å². The fourth-order valence-corrected chi connectivity index (χ4v) is 4.86. The van der Waals surface area contributed by atoms with Crippen molar-refractivity contribution >= 4 is 44.9 Å². The van der Waals surface area contributed by atoms with E-state index in [2.05, 4.69) is 26.7 Å². The lowest BCUT2D eigenvalue weighted by molar-refractivity contribution is 0.0478. The number of ether oxygens (including phenoxy) is 1. The number of hydrogen-bond acceptors (Lipinski definition) is 7. The van der Waals surface area contributed by atoms with Crippen LogP contribution in [0.25, 0.3) is 10.2 Å². The molecular formula is C21H23ClN4O2S. The molecule has 3 heterocycles. The maximum absolute atomic E-state index is 12.7. The Balaban J connectivity index is 1.62. The van der Waals surface area contributed by atoms with Crippen LogP contribution in [0.15, 0.2) is 30.3 Å². The number of thiophene rings is 1. The van der Waals surface area contributed by atoms with Crippen LogP contribution in [0.3, 0.4) is 0 Å². The number of carbonyl (C=O) groups is 1. The lowest BCUT2D eigenvalue weighted by Crippen LogP contribution is -2.46. The van der Waals surface area contributed by atoms with Gasteiger partial charge in [0.1, 0.15) is 22.1 Å². The van der Waals surface area contributed by atoms with Crippen molar-refractivity contribution in [1.29, 1.82) is 0 Å². The molecule has 0 aliphatic carbocycles. The monoisotopic (exact) mass is 430 g/mol. The van der Waals surface area contributed by atoms with Gasteiger partial charge in [-0.05, 0) is 36.2 Å². The maximum atomic E-state index is 12.7. The second-order valence-electron chi connectivity index (χ2n) is 7.04. The number of likely N-dealkylation sites (N-methyl/N-ethyl adjacent to an activating group) is 1. The number of benzene rings is 1. The molecule has 2 aromatic heterocycles. The van der Waals surface area contributed by atoms with Gasteiger partial charge in [-0.15, -0.1) is 11.3 Å². The Hall–Kier alpha value is -2.22. The zero-order chi connectivity index (χ0) is 20.4. The summed E-state index contributed by atoms with van der Waals surface area (Å²) < 4.78 is 5.54. The van der Waals surface area contributed by atoms with Gasteiger partial charge >= 0.3 is 5.97 Å². The highest BCUT2D eigenvalue weighted by atomic mass is 35.5. The summed E-state index contributed by atoms with van der Waals surface area (Å²) in [6.45, 7) is 9.10. The van der Waals surface area contributed by atoms with Crippen LogP contribution in [0.4, 0.5) is 5.82 Å². The van der Waals surface area contributed by atoms with E-state index in [0.717, 1.165) is 59.9 Å². The largest absolute Gasteiger partial charge is 0.457 e. The van der Waals surface area contributed by atoms with Crippen LogP contribution in [-0.2, 0) is 11.3 Å². The van der Waals surface area contributed by atoms with Gasteiger partial charge in [0.25, 0.3) is 0 Å². The predicted octanol–water partition coefficient (Wildman–Crippen LogP) is 4.15. The summed E-state index contributed by atoms with van der Waals surface area (Å²) in [6.07, 6.45) is 0. The van der Waals surface area contributed by atoms with E-state index in [4.69, 9.17) is 16.3 Å². The van der Waals surface area contributed by atoms with Crippen LogP contribution in [-0.4, -0.2) is 53.6 Å². The summed E-state index contributed by atoms with van der Waals surface area (Å²) in [5, 5.41) is 1.10. The Bertz CT molecular complexity index is 1020. The number of hydrogen-bond donors (Lipinski definition) is 0. The molecule has 3 aromatic rings. The topological polar surface area (TPSA) is 58.6 Å². The third-order valence-electron chi connectivity index (χ3n) is 5.26. The molecule has 29 heavy (non-hydrogen) atoms. The summed E-state index contributed by atoms with van der Waals surface area (Å²) in [4.78, 5) is 27.6. The highest BCUT2D eigenvalue weighted by molar-refractivity contribution is 7.20. The SMILES string of the molecule is CCN1CCN(c2nc(Cl)nc3sc(C(=O)OCc4ccccc4)c(C)c23)CC1. The van der Waals surface area contributed by atoms with E-state index in [9.17, 15) is 4.79 Å². The number of aromatic nitrogens is 2. The van der Waals surface area contributed by atoms with Crippen molar-refractivity contribution in [2.75, 3.05) is 37.6 Å². The van der Waals surface area contributed by atoms with E-state index in [-0.39, 0.29) is 17.9 Å². The van der Waals surface area contributed by atoms with E-state index in [1.165, 1.54) is 11.3 Å². The van der Waals surface area contributed by atoms with Gasteiger partial charge in [0.2, 0.25) is 5.28 Å². The molecule has 0 bridgehead atoms. The van der Waals surface area contributed by atoms with Crippen molar-refractivity contribution in [2.45, 2.75) is 20.5 Å². The van der Waals surface area contributed by atoms with Gasteiger partial charge in [-0.3, -0.25) is 0 Å². The minimum absolute atomic E-state index is 0.205. The molecule has 0 atom stereocenters. The van der Waals surface area contributed by atoms with Gasteiger partial charge in [0.15, 0.2) is 0 Å². The first kappa shape index (κ1) is 20.1. The number of esters is 1. The van der Waals surface area contributed by atoms with Crippen molar-refractivity contribution in [3.63, 3.8) is 0 Å². The molecule has 0 unspecified atom stereocenters. The Morgan fingerprint density at radius 2 is 1.90 bits per heavy atom. The molecule has 0 N–H and O–H groups in total. The summed E-state index contributed by atoms with van der Waals surface area (Å²) in [7, 11) is 0. The second-order valence-corrected chi connectivity index (χ2v) is 8.37. The van der Waals surface area contributed by atoms with Crippen LogP contribution >= 0.6 is 22.9 Å². The van der Waals surface area contributed by atoms with Crippen molar-refractivity contribution in [3.05, 3.63) is 51.6 Å². The molecule has 1 aromatic carbocycles. The maximum Gasteiger partial charge on any atom is 0.349 e. The van der Waals surface area contributed by atoms with Gasteiger partial charge in [-0.1, -0.05) is 37.3 Å². The molecule has 6 nitrogen and oxygen atoms in total. The van der Waals surface area contributed by atoms with Crippen LogP contribution in [0.2, 0.25) is 5.28 Å². The predicted molar refractivity (Wildman–Crippen MR) is 117 cm³/mol. The van der Waals surface area contributed by atoms with Gasteiger partial charge in [0.05, 0.1) is 5.39 Å². The Kier molecular flexibility index (Phi) is 5.99. The minimum Gasteiger partial charge on any atom is -0.457 e. The zero-order valence-corrected chi connectivity index (χ0v) is 18.1. The van der Waals surface area contributed by atoms with Crippen LogP contribution in [0.1, 0.15) is 27.7 Å². The normalized spacial score (nSPS) is 15.1. The molecule has 1 aliphatic heterocycles. The average molecular weight is 431 g/mol. The third kappa shape index (κ3) is 4.22. The first-order valence-electron chi connectivity index (χ1n) is 9.71. The molecule has 0 amide bonds. The first-order chi connectivity index (χ1) is 14.1. The molecule has 4 rings (SSSR count). The van der Waals surface area contributed by atoms with E-state index < -0.39 is 0 Å². The Morgan fingerprint density at radius 3 is 2.59 bits per heavy atom. The molecule has 1 fully saturated rings. The van der Waals surface area contributed by atoms with E-state index in [1.807, 2.05) is 37.3 Å². The number of fused-ring (bicyclic) bond motifs is 1. The quantitative estimate of drug-likeness (QED) is 0.447. The molecule has 1 aliphatic rings. The lowest BCUT2D eigenvalue weighted by Gasteiger charge is -2.35. The highest BCUT2D eigenvalue weighted by Gasteiger charge is 2.25. The molecule has 8 heteroatoms.